The Labute approximate surface area is 131 Å². The van der Waals surface area contributed by atoms with Gasteiger partial charge in [0.05, 0.1) is 0 Å². The Morgan fingerprint density at radius 3 is 2.86 bits per heavy atom. The van der Waals surface area contributed by atoms with Gasteiger partial charge in [-0.05, 0) is 49.7 Å². The van der Waals surface area contributed by atoms with Crippen LogP contribution in [-0.2, 0) is 6.42 Å². The average Bonchev–Trinajstić information content (AvgIpc) is 2.99. The Morgan fingerprint density at radius 1 is 1.33 bits per heavy atom. The van der Waals surface area contributed by atoms with E-state index in [2.05, 4.69) is 33.9 Å². The smallest absolute Gasteiger partial charge is 0.314 e. The number of thiophene rings is 1. The van der Waals surface area contributed by atoms with E-state index in [1.165, 1.54) is 37.2 Å². The molecule has 4 nitrogen and oxygen atoms in total. The molecule has 0 spiro atoms. The quantitative estimate of drug-likeness (QED) is 0.813. The number of piperidine rings is 1. The van der Waals surface area contributed by atoms with Crippen molar-refractivity contribution in [3.8, 4) is 0 Å². The Kier molecular flexibility index (Phi) is 7.03. The van der Waals surface area contributed by atoms with Gasteiger partial charge in [0.25, 0.3) is 0 Å². The number of nitrogens with one attached hydrogen (secondary N) is 2. The number of amides is 2. The second kappa shape index (κ2) is 9.05. The first-order chi connectivity index (χ1) is 10.2. The summed E-state index contributed by atoms with van der Waals surface area (Å²) in [6, 6.07) is 4.10. The molecule has 2 heterocycles. The summed E-state index contributed by atoms with van der Waals surface area (Å²) in [5.41, 5.74) is 0. The molecule has 0 saturated carbocycles. The molecule has 5 heteroatoms. The number of likely N-dealkylation sites (tertiary alicyclic amines) is 1. The van der Waals surface area contributed by atoms with Crippen molar-refractivity contribution in [2.75, 3.05) is 32.7 Å². The summed E-state index contributed by atoms with van der Waals surface area (Å²) >= 11 is 1.74. The van der Waals surface area contributed by atoms with Gasteiger partial charge in [-0.2, -0.15) is 0 Å². The lowest BCUT2D eigenvalue weighted by molar-refractivity contribution is 0.197. The predicted molar refractivity (Wildman–Crippen MR) is 88.9 cm³/mol. The first-order valence-electron chi connectivity index (χ1n) is 8.00. The van der Waals surface area contributed by atoms with Crippen LogP contribution in [0.4, 0.5) is 4.79 Å². The summed E-state index contributed by atoms with van der Waals surface area (Å²) in [5, 5.41) is 7.97. The average molecular weight is 309 g/mol. The fourth-order valence-corrected chi connectivity index (χ4v) is 3.44. The Morgan fingerprint density at radius 2 is 2.14 bits per heavy atom. The standard InChI is InChI=1S/C16H27N3OS/c1-14(13-19-9-3-2-4-10-19)12-18-16(20)17-8-7-15-6-5-11-21-15/h5-6,11,14H,2-4,7-10,12-13H2,1H3,(H2,17,18,20)/t14-/m1/s1. The zero-order chi connectivity index (χ0) is 14.9. The van der Waals surface area contributed by atoms with Crippen molar-refractivity contribution >= 4 is 17.4 Å². The fraction of sp³-hybridized carbons (Fsp3) is 0.688. The highest BCUT2D eigenvalue weighted by Gasteiger charge is 2.13. The summed E-state index contributed by atoms with van der Waals surface area (Å²) < 4.78 is 0. The van der Waals surface area contributed by atoms with Gasteiger partial charge in [-0.3, -0.25) is 0 Å². The normalized spacial score (nSPS) is 17.4. The van der Waals surface area contributed by atoms with Gasteiger partial charge >= 0.3 is 6.03 Å². The SMILES string of the molecule is C[C@H](CNC(=O)NCCc1cccs1)CN1CCCCC1. The summed E-state index contributed by atoms with van der Waals surface area (Å²) in [5.74, 6) is 0.506. The minimum Gasteiger partial charge on any atom is -0.338 e. The minimum atomic E-state index is -0.0444. The molecule has 0 radical (unpaired) electrons. The minimum absolute atomic E-state index is 0.0444. The van der Waals surface area contributed by atoms with Gasteiger partial charge in [0.15, 0.2) is 0 Å². The molecule has 2 rings (SSSR count). The van der Waals surface area contributed by atoms with Crippen LogP contribution in [0.15, 0.2) is 17.5 Å². The molecule has 1 aromatic heterocycles. The highest BCUT2D eigenvalue weighted by atomic mass is 32.1. The first kappa shape index (κ1) is 16.3. The van der Waals surface area contributed by atoms with E-state index < -0.39 is 0 Å². The maximum Gasteiger partial charge on any atom is 0.314 e. The molecule has 0 unspecified atom stereocenters. The molecule has 21 heavy (non-hydrogen) atoms. The third-order valence-corrected chi connectivity index (χ3v) is 4.80. The molecule has 1 aromatic rings. The maximum atomic E-state index is 11.7. The Bertz CT molecular complexity index is 402. The van der Waals surface area contributed by atoms with Crippen LogP contribution >= 0.6 is 11.3 Å². The molecule has 1 aliphatic heterocycles. The summed E-state index contributed by atoms with van der Waals surface area (Å²) in [6.07, 6.45) is 4.93. The van der Waals surface area contributed by atoms with Crippen molar-refractivity contribution in [2.45, 2.75) is 32.6 Å². The topological polar surface area (TPSA) is 44.4 Å². The van der Waals surface area contributed by atoms with E-state index in [9.17, 15) is 4.79 Å². The third kappa shape index (κ3) is 6.48. The van der Waals surface area contributed by atoms with Gasteiger partial charge in [0.2, 0.25) is 0 Å². The van der Waals surface area contributed by atoms with Crippen LogP contribution in [-0.4, -0.2) is 43.7 Å². The van der Waals surface area contributed by atoms with Crippen molar-refractivity contribution in [1.82, 2.24) is 15.5 Å². The molecule has 1 saturated heterocycles. The van der Waals surface area contributed by atoms with E-state index in [1.54, 1.807) is 11.3 Å². The highest BCUT2D eigenvalue weighted by Crippen LogP contribution is 2.10. The van der Waals surface area contributed by atoms with E-state index in [-0.39, 0.29) is 6.03 Å². The second-order valence-electron chi connectivity index (χ2n) is 5.93. The number of hydrogen-bond acceptors (Lipinski definition) is 3. The van der Waals surface area contributed by atoms with Crippen molar-refractivity contribution in [1.29, 1.82) is 0 Å². The molecule has 1 aliphatic rings. The number of carbonyl (C=O) groups excluding carboxylic acids is 1. The van der Waals surface area contributed by atoms with Gasteiger partial charge in [-0.15, -0.1) is 11.3 Å². The van der Waals surface area contributed by atoms with Gasteiger partial charge in [-0.25, -0.2) is 4.79 Å². The zero-order valence-electron chi connectivity index (χ0n) is 12.9. The van der Waals surface area contributed by atoms with E-state index in [0.717, 1.165) is 19.5 Å². The van der Waals surface area contributed by atoms with Crippen molar-refractivity contribution in [3.63, 3.8) is 0 Å². The van der Waals surface area contributed by atoms with Crippen LogP contribution < -0.4 is 10.6 Å². The number of carbonyl (C=O) groups is 1. The lowest BCUT2D eigenvalue weighted by atomic mass is 10.1. The monoisotopic (exact) mass is 309 g/mol. The van der Waals surface area contributed by atoms with Crippen LogP contribution in [0.1, 0.15) is 31.1 Å². The number of rotatable bonds is 7. The molecule has 2 N–H and O–H groups in total. The third-order valence-electron chi connectivity index (χ3n) is 3.87. The second-order valence-corrected chi connectivity index (χ2v) is 6.96. The van der Waals surface area contributed by atoms with Crippen LogP contribution in [0, 0.1) is 5.92 Å². The van der Waals surface area contributed by atoms with E-state index in [0.29, 0.717) is 12.5 Å². The predicted octanol–water partition coefficient (Wildman–Crippen LogP) is 2.71. The molecule has 118 valence electrons. The first-order valence-corrected chi connectivity index (χ1v) is 8.88. The molecule has 0 bridgehead atoms. The molecular formula is C16H27N3OS. The summed E-state index contributed by atoms with van der Waals surface area (Å²) in [7, 11) is 0. The van der Waals surface area contributed by atoms with E-state index in [4.69, 9.17) is 0 Å². The number of urea groups is 1. The van der Waals surface area contributed by atoms with Crippen molar-refractivity contribution in [2.24, 2.45) is 5.92 Å². The lowest BCUT2D eigenvalue weighted by Gasteiger charge is -2.29. The molecule has 0 aliphatic carbocycles. The molecule has 2 amide bonds. The fourth-order valence-electron chi connectivity index (χ4n) is 2.73. The largest absolute Gasteiger partial charge is 0.338 e. The van der Waals surface area contributed by atoms with Crippen molar-refractivity contribution < 1.29 is 4.79 Å². The lowest BCUT2D eigenvalue weighted by Crippen LogP contribution is -2.41. The Hall–Kier alpha value is -1.07. The van der Waals surface area contributed by atoms with Crippen LogP contribution in [0.3, 0.4) is 0 Å². The number of nitrogens with zero attached hydrogens (tertiary/aromatic N) is 1. The van der Waals surface area contributed by atoms with Crippen LogP contribution in [0.2, 0.25) is 0 Å². The molecule has 0 aromatic carbocycles. The van der Waals surface area contributed by atoms with Crippen molar-refractivity contribution in [3.05, 3.63) is 22.4 Å². The zero-order valence-corrected chi connectivity index (χ0v) is 13.8. The van der Waals surface area contributed by atoms with Gasteiger partial charge in [0.1, 0.15) is 0 Å². The molecular weight excluding hydrogens is 282 g/mol. The van der Waals surface area contributed by atoms with Crippen LogP contribution in [0.25, 0.3) is 0 Å². The summed E-state index contributed by atoms with van der Waals surface area (Å²) in [6.45, 7) is 7.19. The van der Waals surface area contributed by atoms with Gasteiger partial charge in [0, 0.05) is 24.5 Å². The molecule has 1 fully saturated rings. The van der Waals surface area contributed by atoms with Gasteiger partial charge in [-0.1, -0.05) is 19.4 Å². The Balaban J connectivity index is 1.53. The van der Waals surface area contributed by atoms with Crippen LogP contribution in [0.5, 0.6) is 0 Å². The van der Waals surface area contributed by atoms with Gasteiger partial charge < -0.3 is 15.5 Å². The van der Waals surface area contributed by atoms with E-state index in [1.807, 2.05) is 6.07 Å². The number of hydrogen-bond donors (Lipinski definition) is 2. The molecule has 1 atom stereocenters. The highest BCUT2D eigenvalue weighted by molar-refractivity contribution is 7.09. The van der Waals surface area contributed by atoms with E-state index >= 15 is 0 Å². The maximum absolute atomic E-state index is 11.7. The summed E-state index contributed by atoms with van der Waals surface area (Å²) in [4.78, 5) is 15.6.